The van der Waals surface area contributed by atoms with Crippen molar-refractivity contribution < 1.29 is 9.53 Å². The molecule has 1 aromatic rings. The van der Waals surface area contributed by atoms with E-state index in [1.807, 2.05) is 39.1 Å². The SMILES string of the molecule is CCCCN(C)C(=O)COc1cc(C)ccc1C. The van der Waals surface area contributed by atoms with E-state index in [2.05, 4.69) is 6.92 Å². The molecule has 0 aliphatic heterocycles. The molecule has 18 heavy (non-hydrogen) atoms. The normalized spacial score (nSPS) is 10.2. The van der Waals surface area contributed by atoms with Gasteiger partial charge in [-0.25, -0.2) is 0 Å². The number of rotatable bonds is 6. The Labute approximate surface area is 110 Å². The Bertz CT molecular complexity index is 401. The molecule has 0 aliphatic carbocycles. The Morgan fingerprint density at radius 1 is 1.33 bits per heavy atom. The molecular weight excluding hydrogens is 226 g/mol. The van der Waals surface area contributed by atoms with Crippen molar-refractivity contribution in [2.45, 2.75) is 33.6 Å². The number of unbranched alkanes of at least 4 members (excludes halogenated alkanes) is 1. The first-order valence-electron chi connectivity index (χ1n) is 6.48. The fraction of sp³-hybridized carbons (Fsp3) is 0.533. The summed E-state index contributed by atoms with van der Waals surface area (Å²) >= 11 is 0. The third kappa shape index (κ3) is 4.40. The second-order valence-electron chi connectivity index (χ2n) is 4.73. The van der Waals surface area contributed by atoms with Crippen LogP contribution in [-0.4, -0.2) is 31.0 Å². The Kier molecular flexibility index (Phi) is 5.69. The summed E-state index contributed by atoms with van der Waals surface area (Å²) in [6, 6.07) is 6.02. The van der Waals surface area contributed by atoms with Gasteiger partial charge in [-0.15, -0.1) is 0 Å². The third-order valence-electron chi connectivity index (χ3n) is 2.97. The van der Waals surface area contributed by atoms with Crippen molar-refractivity contribution in [3.63, 3.8) is 0 Å². The van der Waals surface area contributed by atoms with Crippen LogP contribution in [0.3, 0.4) is 0 Å². The average molecular weight is 249 g/mol. The van der Waals surface area contributed by atoms with E-state index in [1.165, 1.54) is 0 Å². The quantitative estimate of drug-likeness (QED) is 0.775. The van der Waals surface area contributed by atoms with Gasteiger partial charge in [-0.2, -0.15) is 0 Å². The molecular formula is C15H23NO2. The molecule has 0 spiro atoms. The van der Waals surface area contributed by atoms with Crippen LogP contribution < -0.4 is 4.74 Å². The highest BCUT2D eigenvalue weighted by Gasteiger charge is 2.09. The summed E-state index contributed by atoms with van der Waals surface area (Å²) in [4.78, 5) is 13.6. The van der Waals surface area contributed by atoms with Crippen molar-refractivity contribution in [1.82, 2.24) is 4.90 Å². The number of likely N-dealkylation sites (N-methyl/N-ethyl adjacent to an activating group) is 1. The molecule has 1 rings (SSSR count). The number of aryl methyl sites for hydroxylation is 2. The van der Waals surface area contributed by atoms with Gasteiger partial charge in [0.05, 0.1) is 0 Å². The number of hydrogen-bond acceptors (Lipinski definition) is 2. The zero-order valence-electron chi connectivity index (χ0n) is 11.8. The second-order valence-corrected chi connectivity index (χ2v) is 4.73. The minimum Gasteiger partial charge on any atom is -0.483 e. The van der Waals surface area contributed by atoms with Crippen LogP contribution in [0.4, 0.5) is 0 Å². The topological polar surface area (TPSA) is 29.5 Å². The number of carbonyl (C=O) groups is 1. The van der Waals surface area contributed by atoms with Gasteiger partial charge < -0.3 is 9.64 Å². The van der Waals surface area contributed by atoms with Crippen molar-refractivity contribution >= 4 is 5.91 Å². The summed E-state index contributed by atoms with van der Waals surface area (Å²) in [6.45, 7) is 7.03. The Hall–Kier alpha value is -1.51. The number of nitrogens with zero attached hydrogens (tertiary/aromatic N) is 1. The summed E-state index contributed by atoms with van der Waals surface area (Å²) in [5, 5.41) is 0. The average Bonchev–Trinajstić information content (AvgIpc) is 2.36. The van der Waals surface area contributed by atoms with Crippen molar-refractivity contribution in [2.75, 3.05) is 20.2 Å². The smallest absolute Gasteiger partial charge is 0.260 e. The molecule has 0 aromatic heterocycles. The van der Waals surface area contributed by atoms with Gasteiger partial charge in [0, 0.05) is 13.6 Å². The molecule has 1 aromatic carbocycles. The summed E-state index contributed by atoms with van der Waals surface area (Å²) in [5.41, 5.74) is 2.20. The van der Waals surface area contributed by atoms with Gasteiger partial charge in [0.1, 0.15) is 5.75 Å². The summed E-state index contributed by atoms with van der Waals surface area (Å²) in [7, 11) is 1.82. The minimum absolute atomic E-state index is 0.0318. The largest absolute Gasteiger partial charge is 0.483 e. The van der Waals surface area contributed by atoms with Gasteiger partial charge >= 0.3 is 0 Å². The van der Waals surface area contributed by atoms with Crippen LogP contribution >= 0.6 is 0 Å². The van der Waals surface area contributed by atoms with Crippen molar-refractivity contribution in [1.29, 1.82) is 0 Å². The first-order chi connectivity index (χ1) is 8.54. The van der Waals surface area contributed by atoms with E-state index in [4.69, 9.17) is 4.74 Å². The molecule has 0 unspecified atom stereocenters. The molecule has 0 heterocycles. The Balaban J connectivity index is 2.49. The molecule has 0 saturated carbocycles. The van der Waals surface area contributed by atoms with E-state index in [9.17, 15) is 4.79 Å². The van der Waals surface area contributed by atoms with Crippen LogP contribution in [0, 0.1) is 13.8 Å². The number of hydrogen-bond donors (Lipinski definition) is 0. The molecule has 0 atom stereocenters. The lowest BCUT2D eigenvalue weighted by Crippen LogP contribution is -2.32. The van der Waals surface area contributed by atoms with E-state index >= 15 is 0 Å². The standard InChI is InChI=1S/C15H23NO2/c1-5-6-9-16(4)15(17)11-18-14-10-12(2)7-8-13(14)3/h7-8,10H,5-6,9,11H2,1-4H3. The van der Waals surface area contributed by atoms with Gasteiger partial charge in [0.15, 0.2) is 6.61 Å². The highest BCUT2D eigenvalue weighted by molar-refractivity contribution is 5.77. The Morgan fingerprint density at radius 3 is 2.72 bits per heavy atom. The molecule has 3 heteroatoms. The predicted molar refractivity (Wildman–Crippen MR) is 74.0 cm³/mol. The molecule has 0 radical (unpaired) electrons. The molecule has 0 fully saturated rings. The van der Waals surface area contributed by atoms with Crippen LogP contribution in [0.25, 0.3) is 0 Å². The zero-order valence-corrected chi connectivity index (χ0v) is 11.8. The maximum absolute atomic E-state index is 11.8. The number of benzene rings is 1. The van der Waals surface area contributed by atoms with Crippen molar-refractivity contribution in [2.24, 2.45) is 0 Å². The number of ether oxygens (including phenoxy) is 1. The highest BCUT2D eigenvalue weighted by atomic mass is 16.5. The summed E-state index contributed by atoms with van der Waals surface area (Å²) < 4.78 is 5.59. The molecule has 0 N–H and O–H groups in total. The van der Waals surface area contributed by atoms with Crippen LogP contribution in [0.5, 0.6) is 5.75 Å². The second kappa shape index (κ2) is 7.04. The van der Waals surface area contributed by atoms with Gasteiger partial charge in [-0.3, -0.25) is 4.79 Å². The maximum Gasteiger partial charge on any atom is 0.260 e. The lowest BCUT2D eigenvalue weighted by Gasteiger charge is -2.17. The fourth-order valence-corrected chi connectivity index (χ4v) is 1.63. The zero-order chi connectivity index (χ0) is 13.5. The molecule has 0 bridgehead atoms. The van der Waals surface area contributed by atoms with Gasteiger partial charge in [-0.1, -0.05) is 25.5 Å². The monoisotopic (exact) mass is 249 g/mol. The Morgan fingerprint density at radius 2 is 2.06 bits per heavy atom. The predicted octanol–water partition coefficient (Wildman–Crippen LogP) is 2.94. The first-order valence-corrected chi connectivity index (χ1v) is 6.48. The molecule has 100 valence electrons. The summed E-state index contributed by atoms with van der Waals surface area (Å²) in [6.07, 6.45) is 2.13. The molecule has 0 saturated heterocycles. The minimum atomic E-state index is 0.0318. The summed E-state index contributed by atoms with van der Waals surface area (Å²) in [5.74, 6) is 0.830. The fourth-order valence-electron chi connectivity index (χ4n) is 1.63. The third-order valence-corrected chi connectivity index (χ3v) is 2.97. The van der Waals surface area contributed by atoms with E-state index in [1.54, 1.807) is 4.90 Å². The first kappa shape index (κ1) is 14.6. The van der Waals surface area contributed by atoms with E-state index in [-0.39, 0.29) is 12.5 Å². The van der Waals surface area contributed by atoms with E-state index in [0.717, 1.165) is 36.3 Å². The van der Waals surface area contributed by atoms with E-state index < -0.39 is 0 Å². The molecule has 0 aliphatic rings. The highest BCUT2D eigenvalue weighted by Crippen LogP contribution is 2.18. The van der Waals surface area contributed by atoms with Crippen LogP contribution in [0.1, 0.15) is 30.9 Å². The molecule has 1 amide bonds. The number of amides is 1. The maximum atomic E-state index is 11.8. The van der Waals surface area contributed by atoms with Gasteiger partial charge in [0.2, 0.25) is 0 Å². The lowest BCUT2D eigenvalue weighted by atomic mass is 10.1. The lowest BCUT2D eigenvalue weighted by molar-refractivity contribution is -0.132. The van der Waals surface area contributed by atoms with Crippen molar-refractivity contribution in [3.8, 4) is 5.75 Å². The van der Waals surface area contributed by atoms with Gasteiger partial charge in [-0.05, 0) is 37.5 Å². The molecule has 3 nitrogen and oxygen atoms in total. The van der Waals surface area contributed by atoms with Crippen LogP contribution in [0.2, 0.25) is 0 Å². The van der Waals surface area contributed by atoms with Crippen LogP contribution in [-0.2, 0) is 4.79 Å². The number of carbonyl (C=O) groups excluding carboxylic acids is 1. The van der Waals surface area contributed by atoms with Crippen molar-refractivity contribution in [3.05, 3.63) is 29.3 Å². The van der Waals surface area contributed by atoms with Gasteiger partial charge in [0.25, 0.3) is 5.91 Å². The van der Waals surface area contributed by atoms with Crippen LogP contribution in [0.15, 0.2) is 18.2 Å². The van der Waals surface area contributed by atoms with E-state index in [0.29, 0.717) is 0 Å².